The van der Waals surface area contributed by atoms with E-state index in [2.05, 4.69) is 39.4 Å². The molecule has 6 heteroatoms. The van der Waals surface area contributed by atoms with Crippen LogP contribution in [0.1, 0.15) is 44.1 Å². The van der Waals surface area contributed by atoms with Crippen molar-refractivity contribution in [1.82, 2.24) is 4.90 Å². The van der Waals surface area contributed by atoms with Gasteiger partial charge in [0.1, 0.15) is 0 Å². The lowest BCUT2D eigenvalue weighted by atomic mass is 9.80. The molecule has 1 saturated heterocycles. The zero-order chi connectivity index (χ0) is 22.8. The van der Waals surface area contributed by atoms with Gasteiger partial charge in [0, 0.05) is 48.8 Å². The number of piperazine rings is 1. The predicted octanol–water partition coefficient (Wildman–Crippen LogP) is 6.06. The number of hydrogen-bond donors (Lipinski definition) is 1. The van der Waals surface area contributed by atoms with Crippen LogP contribution in [0.3, 0.4) is 0 Å². The Kier molecular flexibility index (Phi) is 7.15. The van der Waals surface area contributed by atoms with Crippen molar-refractivity contribution in [1.29, 1.82) is 0 Å². The second-order valence-electron chi connectivity index (χ2n) is 9.75. The molecular formula is C27H33Cl2N3O. The number of hydrogen-bond acceptors (Lipinski definition) is 4. The lowest BCUT2D eigenvalue weighted by molar-refractivity contribution is -0.130. The highest BCUT2D eigenvalue weighted by Crippen LogP contribution is 2.34. The number of nitrogens with one attached hydrogen (secondary N) is 1. The minimum atomic E-state index is -0.0709. The van der Waals surface area contributed by atoms with Gasteiger partial charge < -0.3 is 10.2 Å². The second kappa shape index (κ2) is 10.2. The normalized spacial score (nSPS) is 23.0. The maximum absolute atomic E-state index is 13.9. The molecule has 5 rings (SSSR count). The Morgan fingerprint density at radius 3 is 2.48 bits per heavy atom. The Bertz CT molecular complexity index is 983. The summed E-state index contributed by atoms with van der Waals surface area (Å²) in [5.41, 5.74) is 3.54. The van der Waals surface area contributed by atoms with Crippen LogP contribution >= 0.6 is 23.2 Å². The third-order valence-corrected chi connectivity index (χ3v) is 8.27. The van der Waals surface area contributed by atoms with Crippen LogP contribution < -0.4 is 10.2 Å². The van der Waals surface area contributed by atoms with E-state index in [1.165, 1.54) is 30.5 Å². The Balaban J connectivity index is 1.35. The fourth-order valence-corrected chi connectivity index (χ4v) is 6.33. The van der Waals surface area contributed by atoms with E-state index < -0.39 is 0 Å². The zero-order valence-corrected chi connectivity index (χ0v) is 20.6. The van der Waals surface area contributed by atoms with Crippen molar-refractivity contribution in [3.05, 3.63) is 58.1 Å². The lowest BCUT2D eigenvalue weighted by Gasteiger charge is -2.45. The van der Waals surface area contributed by atoms with E-state index in [9.17, 15) is 4.79 Å². The van der Waals surface area contributed by atoms with Gasteiger partial charge >= 0.3 is 0 Å². The molecule has 1 N–H and O–H groups in total. The fraction of sp³-hybridized carbons (Fsp3) is 0.519. The van der Waals surface area contributed by atoms with Gasteiger partial charge in [0.05, 0.1) is 16.8 Å². The lowest BCUT2D eigenvalue weighted by Crippen LogP contribution is -2.60. The van der Waals surface area contributed by atoms with Crippen molar-refractivity contribution in [2.24, 2.45) is 5.92 Å². The molecule has 0 radical (unpaired) electrons. The SMILES string of the molecule is O=C(C1CCCCC1)C(C1CCc2ccccc2N1)N1CCN(c2cc(Cl)ccc2Cl)CC1. The average Bonchev–Trinajstić information content (AvgIpc) is 2.86. The van der Waals surface area contributed by atoms with Gasteiger partial charge in [-0.05, 0) is 55.5 Å². The van der Waals surface area contributed by atoms with Crippen LogP contribution in [0.15, 0.2) is 42.5 Å². The maximum Gasteiger partial charge on any atom is 0.155 e. The Labute approximate surface area is 207 Å². The molecule has 0 aromatic heterocycles. The van der Waals surface area contributed by atoms with Gasteiger partial charge in [-0.15, -0.1) is 0 Å². The molecule has 2 heterocycles. The van der Waals surface area contributed by atoms with Gasteiger partial charge in [-0.2, -0.15) is 0 Å². The summed E-state index contributed by atoms with van der Waals surface area (Å²) < 4.78 is 0. The van der Waals surface area contributed by atoms with E-state index in [1.54, 1.807) is 0 Å². The molecule has 2 unspecified atom stereocenters. The number of ketones is 1. The van der Waals surface area contributed by atoms with E-state index in [1.807, 2.05) is 18.2 Å². The van der Waals surface area contributed by atoms with Gasteiger partial charge in [-0.1, -0.05) is 60.7 Å². The molecule has 0 spiro atoms. The topological polar surface area (TPSA) is 35.6 Å². The molecule has 4 nitrogen and oxygen atoms in total. The summed E-state index contributed by atoms with van der Waals surface area (Å²) >= 11 is 12.7. The molecule has 0 bridgehead atoms. The first-order valence-electron chi connectivity index (χ1n) is 12.4. The number of aryl methyl sites for hydroxylation is 1. The third kappa shape index (κ3) is 5.03. The molecular weight excluding hydrogens is 453 g/mol. The van der Waals surface area contributed by atoms with E-state index in [4.69, 9.17) is 23.2 Å². The molecule has 33 heavy (non-hydrogen) atoms. The van der Waals surface area contributed by atoms with E-state index in [0.717, 1.165) is 62.6 Å². The van der Waals surface area contributed by atoms with Crippen LogP contribution in [0.5, 0.6) is 0 Å². The molecule has 176 valence electrons. The first-order chi connectivity index (χ1) is 16.1. The summed E-state index contributed by atoms with van der Waals surface area (Å²) in [5, 5.41) is 5.19. The van der Waals surface area contributed by atoms with Crippen molar-refractivity contribution in [3.8, 4) is 0 Å². The fourth-order valence-electron chi connectivity index (χ4n) is 5.93. The number of benzene rings is 2. The van der Waals surface area contributed by atoms with Crippen molar-refractivity contribution >= 4 is 40.4 Å². The molecule has 1 aliphatic carbocycles. The minimum absolute atomic E-state index is 0.0709. The van der Waals surface area contributed by atoms with E-state index in [-0.39, 0.29) is 18.0 Å². The highest BCUT2D eigenvalue weighted by atomic mass is 35.5. The van der Waals surface area contributed by atoms with Gasteiger partial charge in [-0.3, -0.25) is 9.69 Å². The van der Waals surface area contributed by atoms with Crippen molar-refractivity contribution in [2.75, 3.05) is 36.4 Å². The third-order valence-electron chi connectivity index (χ3n) is 7.72. The van der Waals surface area contributed by atoms with Gasteiger partial charge in [0.2, 0.25) is 0 Å². The summed E-state index contributed by atoms with van der Waals surface area (Å²) in [6, 6.07) is 14.3. The van der Waals surface area contributed by atoms with Crippen LogP contribution in [0.2, 0.25) is 10.0 Å². The number of carbonyl (C=O) groups excluding carboxylic acids is 1. The molecule has 2 fully saturated rings. The largest absolute Gasteiger partial charge is 0.380 e. The van der Waals surface area contributed by atoms with Crippen LogP contribution in [-0.4, -0.2) is 48.9 Å². The molecule has 0 amide bonds. The molecule has 1 saturated carbocycles. The average molecular weight is 486 g/mol. The molecule has 2 atom stereocenters. The number of rotatable bonds is 5. The minimum Gasteiger partial charge on any atom is -0.380 e. The van der Waals surface area contributed by atoms with Crippen LogP contribution in [0.4, 0.5) is 11.4 Å². The monoisotopic (exact) mass is 485 g/mol. The van der Waals surface area contributed by atoms with Crippen LogP contribution in [0, 0.1) is 5.92 Å². The predicted molar refractivity (Wildman–Crippen MR) is 138 cm³/mol. The first kappa shape index (κ1) is 23.0. The quantitative estimate of drug-likeness (QED) is 0.557. The van der Waals surface area contributed by atoms with Crippen LogP contribution in [-0.2, 0) is 11.2 Å². The number of anilines is 2. The smallest absolute Gasteiger partial charge is 0.155 e. The molecule has 2 aromatic rings. The summed E-state index contributed by atoms with van der Waals surface area (Å²) in [7, 11) is 0. The van der Waals surface area contributed by atoms with E-state index >= 15 is 0 Å². The van der Waals surface area contributed by atoms with Gasteiger partial charge in [-0.25, -0.2) is 0 Å². The maximum atomic E-state index is 13.9. The first-order valence-corrected chi connectivity index (χ1v) is 13.2. The Hall–Kier alpha value is -1.75. The number of Topliss-reactive ketones (excluding diaryl/α,β-unsaturated/α-hetero) is 1. The number of carbonyl (C=O) groups is 1. The van der Waals surface area contributed by atoms with Crippen LogP contribution in [0.25, 0.3) is 0 Å². The zero-order valence-electron chi connectivity index (χ0n) is 19.1. The van der Waals surface area contributed by atoms with Gasteiger partial charge in [0.25, 0.3) is 0 Å². The summed E-state index contributed by atoms with van der Waals surface area (Å²) in [4.78, 5) is 18.7. The summed E-state index contributed by atoms with van der Waals surface area (Å²) in [6.07, 6.45) is 7.77. The number of para-hydroxylation sites is 1. The van der Waals surface area contributed by atoms with Crippen molar-refractivity contribution in [2.45, 2.75) is 57.0 Å². The Morgan fingerprint density at radius 1 is 0.939 bits per heavy atom. The van der Waals surface area contributed by atoms with E-state index in [0.29, 0.717) is 10.8 Å². The Morgan fingerprint density at radius 2 is 1.70 bits per heavy atom. The summed E-state index contributed by atoms with van der Waals surface area (Å²) in [5.74, 6) is 0.670. The standard InChI is InChI=1S/C27H33Cl2N3O/c28-21-11-12-22(29)25(18-21)31-14-16-32(17-15-31)26(27(33)20-7-2-1-3-8-20)24-13-10-19-6-4-5-9-23(19)30-24/h4-6,9,11-12,18,20,24,26,30H,1-3,7-8,10,13-17H2. The number of nitrogens with zero attached hydrogens (tertiary/aromatic N) is 2. The van der Waals surface area contributed by atoms with Crippen molar-refractivity contribution < 1.29 is 4.79 Å². The molecule has 2 aromatic carbocycles. The molecule has 2 aliphatic heterocycles. The molecule has 3 aliphatic rings. The summed E-state index contributed by atoms with van der Waals surface area (Å²) in [6.45, 7) is 3.40. The van der Waals surface area contributed by atoms with Gasteiger partial charge in [0.15, 0.2) is 5.78 Å². The number of halogens is 2. The van der Waals surface area contributed by atoms with Crippen molar-refractivity contribution in [3.63, 3.8) is 0 Å². The number of fused-ring (bicyclic) bond motifs is 1. The highest BCUT2D eigenvalue weighted by molar-refractivity contribution is 6.35. The second-order valence-corrected chi connectivity index (χ2v) is 10.6. The highest BCUT2D eigenvalue weighted by Gasteiger charge is 2.40.